The molecule has 2 aromatic rings. The molecule has 2 aromatic carbocycles. The van der Waals surface area contributed by atoms with Gasteiger partial charge in [0.15, 0.2) is 0 Å². The van der Waals surface area contributed by atoms with Crippen LogP contribution >= 0.6 is 27.7 Å². The van der Waals surface area contributed by atoms with Gasteiger partial charge < -0.3 is 5.32 Å². The third kappa shape index (κ3) is 5.33. The molecule has 1 saturated heterocycles. The van der Waals surface area contributed by atoms with E-state index >= 15 is 0 Å². The Kier molecular flexibility index (Phi) is 6.70. The lowest BCUT2D eigenvalue weighted by atomic mass is 10.1. The van der Waals surface area contributed by atoms with E-state index in [1.807, 2.05) is 55.5 Å². The van der Waals surface area contributed by atoms with Crippen LogP contribution in [0.1, 0.15) is 16.7 Å². The van der Waals surface area contributed by atoms with Crippen molar-refractivity contribution in [3.05, 3.63) is 74.6 Å². The second-order valence-corrected chi connectivity index (χ2v) is 8.31. The molecule has 0 radical (unpaired) electrons. The second-order valence-electron chi connectivity index (χ2n) is 6.40. The Morgan fingerprint density at radius 1 is 1.11 bits per heavy atom. The van der Waals surface area contributed by atoms with Crippen LogP contribution in [0.4, 0.5) is 4.79 Å². The molecule has 1 aliphatic heterocycles. The first-order chi connectivity index (χ1) is 13.4. The fraction of sp³-hybridized carbons (Fsp3) is 0.190. The number of thioether (sulfide) groups is 1. The minimum Gasteiger partial charge on any atom is -0.354 e. The summed E-state index contributed by atoms with van der Waals surface area (Å²) in [4.78, 5) is 38.2. The summed E-state index contributed by atoms with van der Waals surface area (Å²) in [5.41, 5.74) is 2.90. The van der Waals surface area contributed by atoms with Crippen LogP contribution in [-0.2, 0) is 16.0 Å². The summed E-state index contributed by atoms with van der Waals surface area (Å²) in [5, 5.41) is 2.44. The molecular weight excluding hydrogens is 440 g/mol. The molecule has 0 spiro atoms. The molecule has 1 fully saturated rings. The third-order valence-electron chi connectivity index (χ3n) is 4.18. The molecule has 144 valence electrons. The maximum Gasteiger partial charge on any atom is 0.293 e. The molecule has 7 heteroatoms. The van der Waals surface area contributed by atoms with Gasteiger partial charge in [-0.1, -0.05) is 57.9 Å². The molecule has 1 aliphatic rings. The van der Waals surface area contributed by atoms with Gasteiger partial charge in [0.25, 0.3) is 11.1 Å². The molecule has 0 atom stereocenters. The molecule has 0 aromatic heterocycles. The average molecular weight is 459 g/mol. The zero-order valence-corrected chi connectivity index (χ0v) is 17.7. The van der Waals surface area contributed by atoms with Crippen LogP contribution < -0.4 is 5.32 Å². The first-order valence-corrected chi connectivity index (χ1v) is 10.4. The average Bonchev–Trinajstić information content (AvgIpc) is 2.93. The highest BCUT2D eigenvalue weighted by Gasteiger charge is 2.34. The van der Waals surface area contributed by atoms with E-state index in [1.165, 1.54) is 4.90 Å². The lowest BCUT2D eigenvalue weighted by molar-refractivity contribution is -0.124. The monoisotopic (exact) mass is 458 g/mol. The van der Waals surface area contributed by atoms with Crippen molar-refractivity contribution >= 4 is 50.8 Å². The first kappa shape index (κ1) is 20.4. The van der Waals surface area contributed by atoms with Gasteiger partial charge in [0.2, 0.25) is 5.91 Å². The van der Waals surface area contributed by atoms with Crippen molar-refractivity contribution in [3.8, 4) is 0 Å². The number of carbonyl (C=O) groups is 3. The van der Waals surface area contributed by atoms with Gasteiger partial charge in [0.05, 0.1) is 11.3 Å². The van der Waals surface area contributed by atoms with Crippen LogP contribution in [0.15, 0.2) is 57.9 Å². The minimum absolute atomic E-state index is 0.149. The Balaban J connectivity index is 1.52. The van der Waals surface area contributed by atoms with Gasteiger partial charge in [0.1, 0.15) is 0 Å². The van der Waals surface area contributed by atoms with Gasteiger partial charge in [-0.3, -0.25) is 19.3 Å². The van der Waals surface area contributed by atoms with Crippen LogP contribution in [0.25, 0.3) is 6.08 Å². The number of benzene rings is 2. The molecule has 3 amide bonds. The highest BCUT2D eigenvalue weighted by molar-refractivity contribution is 9.10. The standard InChI is InChI=1S/C21H19BrN2O3S/c1-14-2-4-15(5-3-14)12-18-20(26)24(21(27)28-18)11-10-23-19(25)13-16-6-8-17(22)9-7-16/h2-9,12H,10-11,13H2,1H3,(H,23,25)/b18-12-. The molecule has 28 heavy (non-hydrogen) atoms. The highest BCUT2D eigenvalue weighted by atomic mass is 79.9. The summed E-state index contributed by atoms with van der Waals surface area (Å²) >= 11 is 4.28. The summed E-state index contributed by atoms with van der Waals surface area (Å²) in [6.45, 7) is 2.37. The van der Waals surface area contributed by atoms with Gasteiger partial charge in [-0.15, -0.1) is 0 Å². The highest BCUT2D eigenvalue weighted by Crippen LogP contribution is 2.31. The van der Waals surface area contributed by atoms with E-state index in [0.717, 1.165) is 32.9 Å². The number of nitrogens with zero attached hydrogens (tertiary/aromatic N) is 1. The zero-order chi connectivity index (χ0) is 20.1. The molecule has 0 bridgehead atoms. The van der Waals surface area contributed by atoms with E-state index in [2.05, 4.69) is 21.2 Å². The number of amides is 3. The van der Waals surface area contributed by atoms with Crippen LogP contribution in [0, 0.1) is 6.92 Å². The Hall–Kier alpha value is -2.38. The van der Waals surface area contributed by atoms with E-state index in [9.17, 15) is 14.4 Å². The first-order valence-electron chi connectivity index (χ1n) is 8.75. The van der Waals surface area contributed by atoms with Crippen molar-refractivity contribution < 1.29 is 14.4 Å². The molecule has 0 aliphatic carbocycles. The van der Waals surface area contributed by atoms with Crippen LogP contribution in [-0.4, -0.2) is 35.0 Å². The quantitative estimate of drug-likeness (QED) is 0.660. The molecule has 0 unspecified atom stereocenters. The van der Waals surface area contributed by atoms with Crippen molar-refractivity contribution in [1.29, 1.82) is 0 Å². The molecule has 3 rings (SSSR count). The van der Waals surface area contributed by atoms with Gasteiger partial charge >= 0.3 is 0 Å². The Morgan fingerprint density at radius 3 is 2.46 bits per heavy atom. The van der Waals surface area contributed by atoms with Crippen molar-refractivity contribution in [2.75, 3.05) is 13.1 Å². The van der Waals surface area contributed by atoms with Crippen molar-refractivity contribution in [2.24, 2.45) is 0 Å². The number of hydrogen-bond acceptors (Lipinski definition) is 4. The van der Waals surface area contributed by atoms with Gasteiger partial charge in [-0.05, 0) is 48.0 Å². The van der Waals surface area contributed by atoms with E-state index < -0.39 is 0 Å². The maximum atomic E-state index is 12.5. The largest absolute Gasteiger partial charge is 0.354 e. The third-order valence-corrected chi connectivity index (χ3v) is 5.62. The van der Waals surface area contributed by atoms with Crippen molar-refractivity contribution in [2.45, 2.75) is 13.3 Å². The van der Waals surface area contributed by atoms with Crippen LogP contribution in [0.2, 0.25) is 0 Å². The van der Waals surface area contributed by atoms with Gasteiger partial charge in [-0.2, -0.15) is 0 Å². The van der Waals surface area contributed by atoms with Crippen LogP contribution in [0.5, 0.6) is 0 Å². The fourth-order valence-corrected chi connectivity index (χ4v) is 3.79. The summed E-state index contributed by atoms with van der Waals surface area (Å²) in [6.07, 6.45) is 1.97. The molecule has 5 nitrogen and oxygen atoms in total. The van der Waals surface area contributed by atoms with Crippen LogP contribution in [0.3, 0.4) is 0 Å². The van der Waals surface area contributed by atoms with E-state index in [0.29, 0.717) is 4.91 Å². The number of aryl methyl sites for hydroxylation is 1. The van der Waals surface area contributed by atoms with Gasteiger partial charge in [-0.25, -0.2) is 0 Å². The SMILES string of the molecule is Cc1ccc(/C=C2\SC(=O)N(CCNC(=O)Cc3ccc(Br)cc3)C2=O)cc1. The number of hydrogen-bond donors (Lipinski definition) is 1. The smallest absolute Gasteiger partial charge is 0.293 e. The van der Waals surface area contributed by atoms with E-state index in [-0.39, 0.29) is 36.6 Å². The maximum absolute atomic E-state index is 12.5. The Morgan fingerprint density at radius 2 is 1.79 bits per heavy atom. The molecule has 1 N–H and O–H groups in total. The second kappa shape index (κ2) is 9.21. The Labute approximate surface area is 176 Å². The molecule has 0 saturated carbocycles. The summed E-state index contributed by atoms with van der Waals surface area (Å²) in [7, 11) is 0. The predicted molar refractivity (Wildman–Crippen MR) is 115 cm³/mol. The van der Waals surface area contributed by atoms with E-state index in [1.54, 1.807) is 6.08 Å². The zero-order valence-electron chi connectivity index (χ0n) is 15.3. The summed E-state index contributed by atoms with van der Waals surface area (Å²) < 4.78 is 0.953. The lowest BCUT2D eigenvalue weighted by Crippen LogP contribution is -2.37. The number of carbonyl (C=O) groups excluding carboxylic acids is 3. The number of halogens is 1. The Bertz CT molecular complexity index is 924. The lowest BCUT2D eigenvalue weighted by Gasteiger charge is -2.13. The van der Waals surface area contributed by atoms with Crippen molar-refractivity contribution in [3.63, 3.8) is 0 Å². The number of imide groups is 1. The predicted octanol–water partition coefficient (Wildman–Crippen LogP) is 4.15. The topological polar surface area (TPSA) is 66.5 Å². The van der Waals surface area contributed by atoms with E-state index in [4.69, 9.17) is 0 Å². The summed E-state index contributed by atoms with van der Waals surface area (Å²) in [6, 6.07) is 15.2. The minimum atomic E-state index is -0.322. The molecule has 1 heterocycles. The number of rotatable bonds is 6. The molecular formula is C21H19BrN2O3S. The summed E-state index contributed by atoms with van der Waals surface area (Å²) in [5.74, 6) is -0.470. The van der Waals surface area contributed by atoms with Crippen molar-refractivity contribution in [1.82, 2.24) is 10.2 Å². The van der Waals surface area contributed by atoms with Gasteiger partial charge in [0, 0.05) is 17.6 Å². The number of nitrogens with one attached hydrogen (secondary N) is 1. The normalized spacial score (nSPS) is 15.4. The fourth-order valence-electron chi connectivity index (χ4n) is 2.66.